The molecule has 0 saturated heterocycles. The first kappa shape index (κ1) is 28.6. The Hall–Kier alpha value is -3.96. The summed E-state index contributed by atoms with van der Waals surface area (Å²) in [5, 5.41) is 0.428. The smallest absolute Gasteiger partial charge is 0.344 e. The second-order valence-corrected chi connectivity index (χ2v) is 10.1. The molecule has 12 heteroatoms. The molecule has 3 aromatic rings. The number of benzene rings is 3. The van der Waals surface area contributed by atoms with Gasteiger partial charge in [0.15, 0.2) is 24.7 Å². The first-order chi connectivity index (χ1) is 18.1. The van der Waals surface area contributed by atoms with Crippen molar-refractivity contribution in [2.45, 2.75) is 4.90 Å². The summed E-state index contributed by atoms with van der Waals surface area (Å²) < 4.78 is 52.9. The normalized spacial score (nSPS) is 10.9. The van der Waals surface area contributed by atoms with Crippen molar-refractivity contribution in [3.05, 3.63) is 71.2 Å². The molecule has 10 nitrogen and oxygen atoms in total. The summed E-state index contributed by atoms with van der Waals surface area (Å²) >= 11 is 5.84. The third kappa shape index (κ3) is 6.67. The van der Waals surface area contributed by atoms with E-state index in [4.69, 9.17) is 35.3 Å². The maximum absolute atomic E-state index is 12.8. The van der Waals surface area contributed by atoms with Crippen LogP contribution in [0.4, 0.5) is 5.69 Å². The lowest BCUT2D eigenvalue weighted by atomic mass is 10.1. The number of carbonyl (C=O) groups excluding carboxylic acids is 2. The number of Topliss-reactive ketones (excluding diaryl/α,β-unsaturated/α-hetero) is 1. The summed E-state index contributed by atoms with van der Waals surface area (Å²) in [7, 11) is 1.91. The van der Waals surface area contributed by atoms with E-state index in [1.54, 1.807) is 0 Å². The van der Waals surface area contributed by atoms with E-state index in [0.29, 0.717) is 33.7 Å². The fourth-order valence-corrected chi connectivity index (χ4v) is 4.63. The number of methoxy groups -OCH3 is 3. The van der Waals surface area contributed by atoms with Gasteiger partial charge in [0.25, 0.3) is 10.0 Å². The van der Waals surface area contributed by atoms with E-state index >= 15 is 0 Å². The van der Waals surface area contributed by atoms with Crippen LogP contribution in [0.15, 0.2) is 65.6 Å². The van der Waals surface area contributed by atoms with Crippen LogP contribution in [0.2, 0.25) is 5.02 Å². The number of ether oxygens (including phenoxy) is 5. The molecule has 0 aliphatic carbocycles. The van der Waals surface area contributed by atoms with Gasteiger partial charge < -0.3 is 23.7 Å². The molecule has 0 aromatic heterocycles. The van der Waals surface area contributed by atoms with Crippen molar-refractivity contribution < 1.29 is 41.7 Å². The number of sulfonamides is 1. The lowest BCUT2D eigenvalue weighted by molar-refractivity contribution is -0.144. The Morgan fingerprint density at radius 2 is 1.42 bits per heavy atom. The van der Waals surface area contributed by atoms with Gasteiger partial charge in [-0.05, 0) is 60.7 Å². The summed E-state index contributed by atoms with van der Waals surface area (Å²) in [6.45, 7) is -0.978. The molecule has 0 aliphatic heterocycles. The number of hydrogen-bond acceptors (Lipinski definition) is 9. The molecule has 3 rings (SSSR count). The summed E-state index contributed by atoms with van der Waals surface area (Å²) in [4.78, 5) is 24.7. The zero-order chi connectivity index (χ0) is 27.9. The molecule has 0 unspecified atom stereocenters. The number of anilines is 1. The number of hydrogen-bond donors (Lipinski definition) is 0. The molecular weight excluding hydrogens is 538 g/mol. The van der Waals surface area contributed by atoms with Crippen molar-refractivity contribution >= 4 is 39.1 Å². The number of carbonyl (C=O) groups is 2. The fourth-order valence-electron chi connectivity index (χ4n) is 3.31. The molecule has 0 saturated carbocycles. The standard InChI is InChI=1S/C26H26ClNO9S/c1-28(38(31,32)21-11-5-18(27)6-12-21)19-7-9-20(10-8-19)36-16-25(30)37-15-22(29)17-13-23(33-2)26(35-4)24(14-17)34-3/h5-14H,15-16H2,1-4H3. The SMILES string of the molecule is COc1cc(C(=O)COC(=O)COc2ccc(N(C)S(=O)(=O)c3ccc(Cl)cc3)cc2)cc(OC)c1OC. The van der Waals surface area contributed by atoms with Crippen LogP contribution in [-0.2, 0) is 19.6 Å². The second kappa shape index (κ2) is 12.5. The number of halogens is 1. The van der Waals surface area contributed by atoms with Crippen molar-refractivity contribution in [3.63, 3.8) is 0 Å². The van der Waals surface area contributed by atoms with E-state index in [1.165, 1.54) is 89.0 Å². The first-order valence-corrected chi connectivity index (χ1v) is 12.9. The van der Waals surface area contributed by atoms with Crippen molar-refractivity contribution in [2.24, 2.45) is 0 Å². The highest BCUT2D eigenvalue weighted by Crippen LogP contribution is 2.38. The fraction of sp³-hybridized carbons (Fsp3) is 0.231. The minimum Gasteiger partial charge on any atom is -0.493 e. The summed E-state index contributed by atoms with van der Waals surface area (Å²) in [5.41, 5.74) is 0.590. The first-order valence-electron chi connectivity index (χ1n) is 11.1. The molecule has 0 bridgehead atoms. The molecular formula is C26H26ClNO9S. The minimum absolute atomic E-state index is 0.0912. The van der Waals surface area contributed by atoms with Crippen LogP contribution < -0.4 is 23.3 Å². The molecule has 0 radical (unpaired) electrons. The van der Waals surface area contributed by atoms with Crippen molar-refractivity contribution in [2.75, 3.05) is 45.9 Å². The number of ketones is 1. The van der Waals surface area contributed by atoms with Crippen LogP contribution in [0.3, 0.4) is 0 Å². The van der Waals surface area contributed by atoms with Crippen LogP contribution in [0.1, 0.15) is 10.4 Å². The van der Waals surface area contributed by atoms with Gasteiger partial charge in [0.2, 0.25) is 11.5 Å². The maximum atomic E-state index is 12.8. The van der Waals surface area contributed by atoms with E-state index in [2.05, 4.69) is 0 Å². The van der Waals surface area contributed by atoms with Crippen molar-refractivity contribution in [1.29, 1.82) is 0 Å². The molecule has 3 aromatic carbocycles. The molecule has 38 heavy (non-hydrogen) atoms. The third-order valence-electron chi connectivity index (χ3n) is 5.38. The Balaban J connectivity index is 1.55. The average Bonchev–Trinajstić information content (AvgIpc) is 2.93. The Morgan fingerprint density at radius 1 is 0.842 bits per heavy atom. The van der Waals surface area contributed by atoms with E-state index in [9.17, 15) is 18.0 Å². The van der Waals surface area contributed by atoms with Gasteiger partial charge in [-0.25, -0.2) is 13.2 Å². The van der Waals surface area contributed by atoms with Crippen LogP contribution >= 0.6 is 11.6 Å². The Bertz CT molecular complexity index is 1370. The molecule has 0 amide bonds. The zero-order valence-corrected chi connectivity index (χ0v) is 22.7. The van der Waals surface area contributed by atoms with E-state index in [0.717, 1.165) is 4.31 Å². The molecule has 0 N–H and O–H groups in total. The van der Waals surface area contributed by atoms with Crippen molar-refractivity contribution in [3.8, 4) is 23.0 Å². The van der Waals surface area contributed by atoms with Gasteiger partial charge in [-0.15, -0.1) is 0 Å². The zero-order valence-electron chi connectivity index (χ0n) is 21.1. The predicted octanol–water partition coefficient (Wildman–Crippen LogP) is 4.00. The van der Waals surface area contributed by atoms with Gasteiger partial charge in [0.05, 0.1) is 31.9 Å². The van der Waals surface area contributed by atoms with Gasteiger partial charge in [-0.2, -0.15) is 0 Å². The van der Waals surface area contributed by atoms with Gasteiger partial charge in [0, 0.05) is 17.6 Å². The lowest BCUT2D eigenvalue weighted by Crippen LogP contribution is -2.26. The molecule has 0 atom stereocenters. The van der Waals surface area contributed by atoms with Crippen LogP contribution in [-0.4, -0.2) is 61.8 Å². The van der Waals surface area contributed by atoms with Gasteiger partial charge in [0.1, 0.15) is 5.75 Å². The average molecular weight is 564 g/mol. The molecule has 0 fully saturated rings. The van der Waals surface area contributed by atoms with Crippen LogP contribution in [0.5, 0.6) is 23.0 Å². The molecule has 202 valence electrons. The van der Waals surface area contributed by atoms with Gasteiger partial charge >= 0.3 is 5.97 Å². The lowest BCUT2D eigenvalue weighted by Gasteiger charge is -2.20. The Morgan fingerprint density at radius 3 is 1.95 bits per heavy atom. The largest absolute Gasteiger partial charge is 0.493 e. The summed E-state index contributed by atoms with van der Waals surface area (Å²) in [6.07, 6.45) is 0. The predicted molar refractivity (Wildman–Crippen MR) is 140 cm³/mol. The monoisotopic (exact) mass is 563 g/mol. The highest BCUT2D eigenvalue weighted by molar-refractivity contribution is 7.92. The van der Waals surface area contributed by atoms with Crippen molar-refractivity contribution in [1.82, 2.24) is 0 Å². The summed E-state index contributed by atoms with van der Waals surface area (Å²) in [5.74, 6) is -0.0280. The quantitative estimate of drug-likeness (QED) is 0.238. The minimum atomic E-state index is -3.79. The van der Waals surface area contributed by atoms with E-state index in [-0.39, 0.29) is 10.5 Å². The highest BCUT2D eigenvalue weighted by atomic mass is 35.5. The topological polar surface area (TPSA) is 118 Å². The number of esters is 1. The molecule has 0 heterocycles. The second-order valence-electron chi connectivity index (χ2n) is 7.71. The van der Waals surface area contributed by atoms with Gasteiger partial charge in [-0.1, -0.05) is 11.6 Å². The van der Waals surface area contributed by atoms with E-state index in [1.807, 2.05) is 0 Å². The van der Waals surface area contributed by atoms with E-state index < -0.39 is 35.0 Å². The van der Waals surface area contributed by atoms with Crippen LogP contribution in [0.25, 0.3) is 0 Å². The maximum Gasteiger partial charge on any atom is 0.344 e. The highest BCUT2D eigenvalue weighted by Gasteiger charge is 2.21. The third-order valence-corrected chi connectivity index (χ3v) is 7.43. The molecule has 0 spiro atoms. The van der Waals surface area contributed by atoms with Gasteiger partial charge in [-0.3, -0.25) is 9.10 Å². The number of rotatable bonds is 12. The van der Waals surface area contributed by atoms with Crippen LogP contribution in [0, 0.1) is 0 Å². The molecule has 0 aliphatic rings. The summed E-state index contributed by atoms with van der Waals surface area (Å²) in [6, 6.07) is 14.8. The Labute approximate surface area is 225 Å². The number of nitrogens with zero attached hydrogens (tertiary/aromatic N) is 1. The Kier molecular flexibility index (Phi) is 9.43.